The van der Waals surface area contributed by atoms with Gasteiger partial charge in [0.2, 0.25) is 17.7 Å². The molecular formula is C35H48BrN3O7. The molecule has 1 aromatic carbocycles. The van der Waals surface area contributed by atoms with Crippen molar-refractivity contribution in [3.05, 3.63) is 61.2 Å². The molecule has 3 heterocycles. The molecule has 3 fully saturated rings. The summed E-state index contributed by atoms with van der Waals surface area (Å²) in [6, 6.07) is 7.71. The van der Waals surface area contributed by atoms with Crippen LogP contribution in [0.25, 0.3) is 0 Å². The van der Waals surface area contributed by atoms with Gasteiger partial charge in [-0.25, -0.2) is 0 Å². The van der Waals surface area contributed by atoms with E-state index in [-0.39, 0.29) is 42.1 Å². The van der Waals surface area contributed by atoms with Crippen LogP contribution < -0.4 is 5.32 Å². The van der Waals surface area contributed by atoms with Gasteiger partial charge in [-0.1, -0.05) is 71.8 Å². The predicted octanol–water partition coefficient (Wildman–Crippen LogP) is 4.08. The summed E-state index contributed by atoms with van der Waals surface area (Å²) < 4.78 is 12.9. The summed E-state index contributed by atoms with van der Waals surface area (Å²) in [6.45, 7) is 12.4. The topological polar surface area (TPSA) is 125 Å². The fraction of sp³-hybridized carbons (Fsp3) is 0.600. The molecule has 2 bridgehead atoms. The van der Waals surface area contributed by atoms with Crippen molar-refractivity contribution in [2.75, 3.05) is 26.2 Å². The number of unbranched alkanes of at least 4 members (excludes halogenated alkanes) is 2. The summed E-state index contributed by atoms with van der Waals surface area (Å²) in [5.74, 6) is -3.19. The van der Waals surface area contributed by atoms with Gasteiger partial charge in [0, 0.05) is 37.5 Å². The number of allylic oxidation sites excluding steroid dienone is 1. The number of hydrogen-bond donors (Lipinski definition) is 2. The monoisotopic (exact) mass is 701 g/mol. The molecule has 3 amide bonds. The van der Waals surface area contributed by atoms with Gasteiger partial charge in [0.05, 0.1) is 24.0 Å². The lowest BCUT2D eigenvalue weighted by atomic mass is 9.70. The lowest BCUT2D eigenvalue weighted by molar-refractivity contribution is -0.162. The van der Waals surface area contributed by atoms with Crippen molar-refractivity contribution < 1.29 is 33.8 Å². The van der Waals surface area contributed by atoms with Gasteiger partial charge in [-0.3, -0.25) is 19.2 Å². The Labute approximate surface area is 280 Å². The smallest absolute Gasteiger partial charge is 0.313 e. The first-order chi connectivity index (χ1) is 22.1. The SMILES string of the molecule is C=CCCC(=O)N[C@H](C)[C@@H](OC(=O)[C@H]1[C@@H]2O[C@@]3(CC2Br)[C@@H]1C(=O)N(CCCCO)[C@@H]3C(=O)N(CC=C)CCCC)c1ccccc1. The van der Waals surface area contributed by atoms with E-state index < -0.39 is 47.7 Å². The Hall–Kier alpha value is -3.02. The van der Waals surface area contributed by atoms with Crippen LogP contribution in [-0.4, -0.2) is 93.5 Å². The van der Waals surface area contributed by atoms with Crippen LogP contribution in [-0.2, 0) is 28.7 Å². The van der Waals surface area contributed by atoms with Crippen LogP contribution in [0.1, 0.15) is 70.5 Å². The van der Waals surface area contributed by atoms with Crippen molar-refractivity contribution in [1.29, 1.82) is 0 Å². The molecule has 0 radical (unpaired) electrons. The lowest BCUT2D eigenvalue weighted by Gasteiger charge is -2.37. The highest BCUT2D eigenvalue weighted by atomic mass is 79.9. The second kappa shape index (κ2) is 16.2. The van der Waals surface area contributed by atoms with Crippen LogP contribution in [0, 0.1) is 11.8 Å². The maximum Gasteiger partial charge on any atom is 0.313 e. The number of aliphatic hydroxyl groups excluding tert-OH is 1. The maximum atomic E-state index is 14.3. The normalized spacial score (nSPS) is 27.5. The number of nitrogens with one attached hydrogen (secondary N) is 1. The van der Waals surface area contributed by atoms with E-state index in [1.54, 1.807) is 28.9 Å². The first kappa shape index (κ1) is 35.8. The van der Waals surface area contributed by atoms with Gasteiger partial charge >= 0.3 is 5.97 Å². The van der Waals surface area contributed by atoms with Crippen molar-refractivity contribution in [2.45, 2.75) is 93.5 Å². The van der Waals surface area contributed by atoms with E-state index in [0.29, 0.717) is 44.3 Å². The van der Waals surface area contributed by atoms with Crippen molar-refractivity contribution in [3.63, 3.8) is 0 Å². The standard InChI is InChI=1S/C35H48BrN3O7/c1-5-8-17-26(41)37-23(4)29(24-15-11-10-12-16-24)45-34(44)27-28-32(42)39(20-13-14-21-40)31(35(28)22-25(36)30(27)46-35)33(43)38(18-7-3)19-9-6-2/h5,7,10-12,15-16,23,25,27-31,40H,1,3,6,8-9,13-14,17-22H2,2,4H3,(H,37,41)/t23-,25?,27-,28+,29-,30-,31-,35+/m1/s1. The number of nitrogens with zero attached hydrogens (tertiary/aromatic N) is 2. The van der Waals surface area contributed by atoms with Crippen molar-refractivity contribution in [2.24, 2.45) is 11.8 Å². The van der Waals surface area contributed by atoms with Crippen molar-refractivity contribution >= 4 is 39.6 Å². The first-order valence-electron chi connectivity index (χ1n) is 16.4. The third-order valence-corrected chi connectivity index (χ3v) is 10.2. The zero-order valence-electron chi connectivity index (χ0n) is 26.9. The van der Waals surface area contributed by atoms with E-state index in [4.69, 9.17) is 9.47 Å². The first-order valence-corrected chi connectivity index (χ1v) is 17.3. The summed E-state index contributed by atoms with van der Waals surface area (Å²) >= 11 is 3.72. The van der Waals surface area contributed by atoms with Gasteiger partial charge < -0.3 is 29.7 Å². The molecule has 10 nitrogen and oxygen atoms in total. The number of hydrogen-bond acceptors (Lipinski definition) is 7. The van der Waals surface area contributed by atoms with E-state index in [0.717, 1.165) is 12.8 Å². The Balaban J connectivity index is 1.67. The number of likely N-dealkylation sites (tertiary alicyclic amines) is 1. The largest absolute Gasteiger partial charge is 0.455 e. The van der Waals surface area contributed by atoms with E-state index >= 15 is 0 Å². The van der Waals surface area contributed by atoms with E-state index in [9.17, 15) is 24.3 Å². The predicted molar refractivity (Wildman–Crippen MR) is 178 cm³/mol. The third kappa shape index (κ3) is 7.26. The van der Waals surface area contributed by atoms with E-state index in [1.165, 1.54) is 0 Å². The highest BCUT2D eigenvalue weighted by Gasteiger charge is 2.77. The molecule has 1 spiro atoms. The zero-order valence-corrected chi connectivity index (χ0v) is 28.5. The highest BCUT2D eigenvalue weighted by molar-refractivity contribution is 9.09. The minimum Gasteiger partial charge on any atom is -0.455 e. The number of esters is 1. The average molecular weight is 703 g/mol. The van der Waals surface area contributed by atoms with E-state index in [1.807, 2.05) is 30.3 Å². The maximum absolute atomic E-state index is 14.3. The Morgan fingerprint density at radius 1 is 1.22 bits per heavy atom. The molecule has 3 saturated heterocycles. The number of carbonyl (C=O) groups is 4. The number of amides is 3. The summed E-state index contributed by atoms with van der Waals surface area (Å²) in [5.41, 5.74) is -0.511. The van der Waals surface area contributed by atoms with Crippen LogP contribution in [0.3, 0.4) is 0 Å². The molecule has 0 aliphatic carbocycles. The number of fused-ring (bicyclic) bond motifs is 1. The fourth-order valence-electron chi connectivity index (χ4n) is 7.22. The van der Waals surface area contributed by atoms with Crippen LogP contribution in [0.5, 0.6) is 0 Å². The zero-order chi connectivity index (χ0) is 33.4. The molecule has 4 rings (SSSR count). The molecule has 2 N–H and O–H groups in total. The summed E-state index contributed by atoms with van der Waals surface area (Å²) in [5, 5.41) is 12.4. The summed E-state index contributed by atoms with van der Waals surface area (Å²) in [7, 11) is 0. The Kier molecular flexibility index (Phi) is 12.6. The molecule has 0 saturated carbocycles. The minimum absolute atomic E-state index is 0.0332. The van der Waals surface area contributed by atoms with Gasteiger partial charge in [-0.15, -0.1) is 13.2 Å². The van der Waals surface area contributed by atoms with Gasteiger partial charge in [0.25, 0.3) is 0 Å². The summed E-state index contributed by atoms with van der Waals surface area (Å²) in [6.07, 6.45) is 5.68. The molecule has 46 heavy (non-hydrogen) atoms. The number of ether oxygens (including phenoxy) is 2. The molecule has 252 valence electrons. The summed E-state index contributed by atoms with van der Waals surface area (Å²) in [4.78, 5) is 58.6. The molecule has 1 unspecified atom stereocenters. The Bertz CT molecular complexity index is 1260. The quantitative estimate of drug-likeness (QED) is 0.102. The fourth-order valence-corrected chi connectivity index (χ4v) is 8.16. The second-order valence-electron chi connectivity index (χ2n) is 12.5. The number of benzene rings is 1. The van der Waals surface area contributed by atoms with Crippen molar-refractivity contribution in [1.82, 2.24) is 15.1 Å². The molecule has 1 aromatic rings. The van der Waals surface area contributed by atoms with Crippen LogP contribution >= 0.6 is 15.9 Å². The van der Waals surface area contributed by atoms with Gasteiger partial charge in [0.1, 0.15) is 17.7 Å². The van der Waals surface area contributed by atoms with Crippen LogP contribution in [0.15, 0.2) is 55.6 Å². The van der Waals surface area contributed by atoms with Crippen LogP contribution in [0.4, 0.5) is 0 Å². The van der Waals surface area contributed by atoms with Crippen LogP contribution in [0.2, 0.25) is 0 Å². The highest BCUT2D eigenvalue weighted by Crippen LogP contribution is 2.60. The molecule has 8 atom stereocenters. The third-order valence-electron chi connectivity index (χ3n) is 9.33. The van der Waals surface area contributed by atoms with Gasteiger partial charge in [0.15, 0.2) is 0 Å². The number of alkyl halides is 1. The molecule has 3 aliphatic rings. The Morgan fingerprint density at radius 2 is 1.96 bits per heavy atom. The van der Waals surface area contributed by atoms with Gasteiger partial charge in [-0.05, 0) is 44.6 Å². The number of aliphatic hydroxyl groups is 1. The molecular weight excluding hydrogens is 654 g/mol. The minimum atomic E-state index is -1.21. The molecule has 0 aromatic heterocycles. The molecule has 11 heteroatoms. The molecule has 3 aliphatic heterocycles. The van der Waals surface area contributed by atoms with Crippen molar-refractivity contribution in [3.8, 4) is 0 Å². The number of carbonyl (C=O) groups excluding carboxylic acids is 4. The number of rotatable bonds is 18. The average Bonchev–Trinajstić information content (AvgIpc) is 3.64. The number of halogens is 1. The second-order valence-corrected chi connectivity index (χ2v) is 13.7. The van der Waals surface area contributed by atoms with E-state index in [2.05, 4.69) is 41.3 Å². The van der Waals surface area contributed by atoms with Gasteiger partial charge in [-0.2, -0.15) is 0 Å². The lowest BCUT2D eigenvalue weighted by Crippen LogP contribution is -2.57. The Morgan fingerprint density at radius 3 is 2.61 bits per heavy atom.